The molecule has 4 fully saturated rings. The van der Waals surface area contributed by atoms with Gasteiger partial charge in [0.05, 0.1) is 26.2 Å². The van der Waals surface area contributed by atoms with E-state index in [1.807, 2.05) is 6.92 Å². The Morgan fingerprint density at radius 3 is 2.50 bits per heavy atom. The topological polar surface area (TPSA) is 42.0 Å². The number of ether oxygens (including phenoxy) is 2. The lowest BCUT2D eigenvalue weighted by Crippen LogP contribution is -2.69. The van der Waals surface area contributed by atoms with Crippen molar-refractivity contribution < 1.29 is 14.3 Å². The zero-order valence-electron chi connectivity index (χ0n) is 12.5. The van der Waals surface area contributed by atoms with Crippen LogP contribution in [-0.2, 0) is 14.3 Å². The van der Waals surface area contributed by atoms with E-state index >= 15 is 0 Å². The predicted octanol–water partition coefficient (Wildman–Crippen LogP) is 0.736. The first kappa shape index (κ1) is 14.3. The molecule has 0 N–H and O–H groups in total. The summed E-state index contributed by atoms with van der Waals surface area (Å²) in [5.41, 5.74) is -0.00741. The van der Waals surface area contributed by atoms with Gasteiger partial charge in [0.25, 0.3) is 0 Å². The summed E-state index contributed by atoms with van der Waals surface area (Å²) in [6.45, 7) is 9.25. The molecule has 0 aromatic heterocycles. The molecule has 0 aliphatic carbocycles. The molecule has 114 valence electrons. The Bertz CT molecular complexity index is 349. The van der Waals surface area contributed by atoms with Gasteiger partial charge in [-0.3, -0.25) is 9.69 Å². The van der Waals surface area contributed by atoms with Crippen molar-refractivity contribution in [3.05, 3.63) is 0 Å². The Morgan fingerprint density at radius 2 is 1.95 bits per heavy atom. The quantitative estimate of drug-likeness (QED) is 0.711. The number of hydrogen-bond donors (Lipinski definition) is 0. The zero-order valence-corrected chi connectivity index (χ0v) is 12.5. The summed E-state index contributed by atoms with van der Waals surface area (Å²) in [6, 6.07) is 0. The van der Waals surface area contributed by atoms with Gasteiger partial charge in [-0.05, 0) is 38.8 Å². The van der Waals surface area contributed by atoms with Gasteiger partial charge in [-0.25, -0.2) is 0 Å². The highest BCUT2D eigenvalue weighted by Crippen LogP contribution is 2.42. The fraction of sp³-hybridized carbons (Fsp3) is 0.933. The molecule has 5 nitrogen and oxygen atoms in total. The molecule has 0 amide bonds. The van der Waals surface area contributed by atoms with E-state index in [1.165, 1.54) is 25.9 Å². The van der Waals surface area contributed by atoms with Crippen LogP contribution in [0.5, 0.6) is 0 Å². The van der Waals surface area contributed by atoms with Crippen LogP contribution in [0.25, 0.3) is 0 Å². The van der Waals surface area contributed by atoms with Crippen molar-refractivity contribution in [3.63, 3.8) is 0 Å². The summed E-state index contributed by atoms with van der Waals surface area (Å²) in [5.74, 6) is 0.600. The first-order valence-electron chi connectivity index (χ1n) is 7.95. The Hall–Kier alpha value is -0.650. The minimum atomic E-state index is -0.0345. The van der Waals surface area contributed by atoms with E-state index in [9.17, 15) is 4.79 Å². The Balaban J connectivity index is 1.80. The van der Waals surface area contributed by atoms with Gasteiger partial charge < -0.3 is 14.4 Å². The first-order valence-corrected chi connectivity index (χ1v) is 7.95. The van der Waals surface area contributed by atoms with Crippen LogP contribution in [0.1, 0.15) is 26.2 Å². The molecular formula is C15H26N2O3. The zero-order chi connectivity index (χ0) is 14.0. The van der Waals surface area contributed by atoms with Crippen LogP contribution in [0.15, 0.2) is 0 Å². The third kappa shape index (κ3) is 2.59. The average molecular weight is 282 g/mol. The van der Waals surface area contributed by atoms with Gasteiger partial charge in [0, 0.05) is 25.2 Å². The Labute approximate surface area is 121 Å². The highest BCUT2D eigenvalue weighted by Gasteiger charge is 2.51. The van der Waals surface area contributed by atoms with Crippen LogP contribution >= 0.6 is 0 Å². The molecule has 4 rings (SSSR count). The van der Waals surface area contributed by atoms with Crippen molar-refractivity contribution in [2.45, 2.75) is 31.7 Å². The molecule has 1 atom stereocenters. The number of hydrogen-bond acceptors (Lipinski definition) is 5. The molecular weight excluding hydrogens is 256 g/mol. The summed E-state index contributed by atoms with van der Waals surface area (Å²) in [6.07, 6.45) is 2.98. The van der Waals surface area contributed by atoms with Crippen molar-refractivity contribution >= 4 is 5.97 Å². The van der Waals surface area contributed by atoms with Crippen molar-refractivity contribution in [2.75, 3.05) is 52.5 Å². The number of rotatable bonds is 4. The minimum Gasteiger partial charge on any atom is -0.466 e. The van der Waals surface area contributed by atoms with Crippen molar-refractivity contribution in [2.24, 2.45) is 5.92 Å². The molecule has 0 saturated carbocycles. The Kier molecular flexibility index (Phi) is 4.29. The molecule has 0 aromatic carbocycles. The molecule has 20 heavy (non-hydrogen) atoms. The maximum absolute atomic E-state index is 12.1. The first-order chi connectivity index (χ1) is 9.74. The molecule has 0 radical (unpaired) electrons. The van der Waals surface area contributed by atoms with Gasteiger partial charge in [0.2, 0.25) is 0 Å². The molecule has 4 aliphatic heterocycles. The van der Waals surface area contributed by atoms with Crippen molar-refractivity contribution in [1.82, 2.24) is 9.80 Å². The standard InChI is InChI=1S/C15H26N2O3/c1-2-20-14(18)11-15(17-7-9-19-10-8-17)12-16-5-3-13(15)4-6-16/h13H,2-12H2,1H3. The molecule has 2 bridgehead atoms. The average Bonchev–Trinajstić information content (AvgIpc) is 2.49. The predicted molar refractivity (Wildman–Crippen MR) is 75.5 cm³/mol. The third-order valence-electron chi connectivity index (χ3n) is 5.24. The number of fused-ring (bicyclic) bond motifs is 3. The molecule has 4 heterocycles. The van der Waals surface area contributed by atoms with Crippen LogP contribution in [0, 0.1) is 5.92 Å². The highest BCUT2D eigenvalue weighted by atomic mass is 16.5. The van der Waals surface area contributed by atoms with Crippen LogP contribution in [-0.4, -0.2) is 73.9 Å². The van der Waals surface area contributed by atoms with Gasteiger partial charge in [-0.2, -0.15) is 0 Å². The van der Waals surface area contributed by atoms with Crippen LogP contribution < -0.4 is 0 Å². The second-order valence-corrected chi connectivity index (χ2v) is 6.24. The maximum Gasteiger partial charge on any atom is 0.307 e. The second kappa shape index (κ2) is 6.00. The van der Waals surface area contributed by atoms with E-state index < -0.39 is 0 Å². The van der Waals surface area contributed by atoms with E-state index in [1.54, 1.807) is 0 Å². The van der Waals surface area contributed by atoms with E-state index in [-0.39, 0.29) is 11.5 Å². The number of carbonyl (C=O) groups is 1. The monoisotopic (exact) mass is 282 g/mol. The number of piperidine rings is 3. The number of morpholine rings is 1. The van der Waals surface area contributed by atoms with E-state index in [0.29, 0.717) is 18.9 Å². The van der Waals surface area contributed by atoms with Crippen LogP contribution in [0.4, 0.5) is 0 Å². The van der Waals surface area contributed by atoms with Gasteiger partial charge in [-0.15, -0.1) is 0 Å². The molecule has 5 heteroatoms. The lowest BCUT2D eigenvalue weighted by molar-refractivity contribution is -0.157. The maximum atomic E-state index is 12.1. The van der Waals surface area contributed by atoms with Gasteiger partial charge in [-0.1, -0.05) is 0 Å². The lowest BCUT2D eigenvalue weighted by Gasteiger charge is -2.58. The van der Waals surface area contributed by atoms with Gasteiger partial charge in [0.15, 0.2) is 0 Å². The van der Waals surface area contributed by atoms with E-state index in [4.69, 9.17) is 9.47 Å². The Morgan fingerprint density at radius 1 is 1.25 bits per heavy atom. The van der Waals surface area contributed by atoms with Gasteiger partial charge >= 0.3 is 5.97 Å². The molecule has 0 aromatic rings. The summed E-state index contributed by atoms with van der Waals surface area (Å²) >= 11 is 0. The molecule has 1 unspecified atom stereocenters. The van der Waals surface area contributed by atoms with Crippen molar-refractivity contribution in [3.8, 4) is 0 Å². The molecule has 0 spiro atoms. The number of carbonyl (C=O) groups excluding carboxylic acids is 1. The number of esters is 1. The fourth-order valence-corrected chi connectivity index (χ4v) is 4.29. The minimum absolute atomic E-state index is 0.00741. The lowest BCUT2D eigenvalue weighted by atomic mass is 9.69. The highest BCUT2D eigenvalue weighted by molar-refractivity contribution is 5.71. The van der Waals surface area contributed by atoms with Gasteiger partial charge in [0.1, 0.15) is 0 Å². The number of nitrogens with zero attached hydrogens (tertiary/aromatic N) is 2. The smallest absolute Gasteiger partial charge is 0.307 e. The summed E-state index contributed by atoms with van der Waals surface area (Å²) < 4.78 is 10.7. The summed E-state index contributed by atoms with van der Waals surface area (Å²) in [7, 11) is 0. The fourth-order valence-electron chi connectivity index (χ4n) is 4.29. The summed E-state index contributed by atoms with van der Waals surface area (Å²) in [4.78, 5) is 17.2. The summed E-state index contributed by atoms with van der Waals surface area (Å²) in [5, 5.41) is 0. The molecule has 4 saturated heterocycles. The van der Waals surface area contributed by atoms with Crippen LogP contribution in [0.2, 0.25) is 0 Å². The SMILES string of the molecule is CCOC(=O)CC1(N2CCOCC2)CN2CCC1CC2. The van der Waals surface area contributed by atoms with Crippen molar-refractivity contribution in [1.29, 1.82) is 0 Å². The van der Waals surface area contributed by atoms with Crippen LogP contribution in [0.3, 0.4) is 0 Å². The normalized spacial score (nSPS) is 37.9. The van der Waals surface area contributed by atoms with E-state index in [2.05, 4.69) is 9.80 Å². The largest absolute Gasteiger partial charge is 0.466 e. The molecule has 4 aliphatic rings. The van der Waals surface area contributed by atoms with E-state index in [0.717, 1.165) is 32.8 Å². The second-order valence-electron chi connectivity index (χ2n) is 6.24. The third-order valence-corrected chi connectivity index (χ3v) is 5.24.